The molecule has 0 saturated heterocycles. The lowest BCUT2D eigenvalue weighted by Gasteiger charge is -2.11. The van der Waals surface area contributed by atoms with Crippen molar-refractivity contribution in [3.63, 3.8) is 0 Å². The van der Waals surface area contributed by atoms with E-state index in [4.69, 9.17) is 0 Å². The lowest BCUT2D eigenvalue weighted by molar-refractivity contribution is -0.120. The molecule has 118 valence electrons. The average molecular weight is 317 g/mol. The van der Waals surface area contributed by atoms with E-state index in [2.05, 4.69) is 46.8 Å². The molecule has 0 aliphatic rings. The number of carbonyl (C=O) groups excluding carboxylic acids is 1. The van der Waals surface area contributed by atoms with Crippen molar-refractivity contribution >= 4 is 17.2 Å². The molecule has 4 nitrogen and oxygen atoms in total. The van der Waals surface area contributed by atoms with Crippen molar-refractivity contribution in [2.24, 2.45) is 0 Å². The largest absolute Gasteiger partial charge is 0.354 e. The average Bonchev–Trinajstić information content (AvgIpc) is 2.86. The van der Waals surface area contributed by atoms with Crippen LogP contribution in [0.25, 0.3) is 11.3 Å². The van der Waals surface area contributed by atoms with Gasteiger partial charge in [0.2, 0.25) is 5.91 Å². The van der Waals surface area contributed by atoms with Crippen LogP contribution < -0.4 is 10.6 Å². The Labute approximate surface area is 136 Å². The number of hydrogen-bond donors (Lipinski definition) is 2. The van der Waals surface area contributed by atoms with Gasteiger partial charge in [0.25, 0.3) is 0 Å². The van der Waals surface area contributed by atoms with Gasteiger partial charge in [-0.25, -0.2) is 4.98 Å². The molecule has 1 aromatic heterocycles. The number of carbonyl (C=O) groups is 1. The number of likely N-dealkylation sites (N-methyl/N-ethyl adjacent to an activating group) is 1. The van der Waals surface area contributed by atoms with E-state index in [-0.39, 0.29) is 11.9 Å². The molecule has 2 aromatic rings. The van der Waals surface area contributed by atoms with Crippen LogP contribution in [-0.2, 0) is 11.2 Å². The zero-order valence-corrected chi connectivity index (χ0v) is 14.4. The molecule has 1 aromatic carbocycles. The van der Waals surface area contributed by atoms with Crippen LogP contribution in [0.5, 0.6) is 0 Å². The van der Waals surface area contributed by atoms with E-state index in [1.54, 1.807) is 11.3 Å². The first-order valence-corrected chi connectivity index (χ1v) is 8.28. The van der Waals surface area contributed by atoms with Crippen molar-refractivity contribution in [1.29, 1.82) is 0 Å². The highest BCUT2D eigenvalue weighted by Gasteiger charge is 2.15. The molecule has 22 heavy (non-hydrogen) atoms. The van der Waals surface area contributed by atoms with Gasteiger partial charge in [-0.2, -0.15) is 0 Å². The highest BCUT2D eigenvalue weighted by molar-refractivity contribution is 7.12. The van der Waals surface area contributed by atoms with E-state index in [1.165, 1.54) is 5.56 Å². The number of thiazole rings is 1. The molecule has 0 bridgehead atoms. The number of nitrogens with one attached hydrogen (secondary N) is 2. The van der Waals surface area contributed by atoms with E-state index in [1.807, 2.05) is 20.9 Å². The molecule has 0 saturated carbocycles. The summed E-state index contributed by atoms with van der Waals surface area (Å²) in [6, 6.07) is 8.54. The summed E-state index contributed by atoms with van der Waals surface area (Å²) < 4.78 is 0. The lowest BCUT2D eigenvalue weighted by Crippen LogP contribution is -2.37. The molecular formula is C17H23N3OS. The monoisotopic (exact) mass is 317 g/mol. The molecule has 0 spiro atoms. The van der Waals surface area contributed by atoms with Crippen molar-refractivity contribution in [2.75, 3.05) is 13.6 Å². The van der Waals surface area contributed by atoms with Crippen molar-refractivity contribution in [3.05, 3.63) is 39.7 Å². The first-order valence-electron chi connectivity index (χ1n) is 7.47. The van der Waals surface area contributed by atoms with Crippen LogP contribution in [-0.4, -0.2) is 30.5 Å². The van der Waals surface area contributed by atoms with Gasteiger partial charge in [-0.1, -0.05) is 29.8 Å². The summed E-state index contributed by atoms with van der Waals surface area (Å²) in [6.45, 7) is 6.71. The number of hydrogen-bond acceptors (Lipinski definition) is 4. The minimum Gasteiger partial charge on any atom is -0.354 e. The Morgan fingerprint density at radius 1 is 1.27 bits per heavy atom. The minimum absolute atomic E-state index is 0.0408. The predicted molar refractivity (Wildman–Crippen MR) is 92.3 cm³/mol. The molecule has 2 rings (SSSR count). The third-order valence-electron chi connectivity index (χ3n) is 3.55. The molecule has 0 aliphatic carbocycles. The smallest absolute Gasteiger partial charge is 0.225 e. The summed E-state index contributed by atoms with van der Waals surface area (Å²) in [5, 5.41) is 7.05. The van der Waals surface area contributed by atoms with E-state index >= 15 is 0 Å². The molecule has 0 radical (unpaired) electrons. The summed E-state index contributed by atoms with van der Waals surface area (Å²) in [6.07, 6.45) is 0.380. The molecule has 1 unspecified atom stereocenters. The summed E-state index contributed by atoms with van der Waals surface area (Å²) in [7, 11) is 1.89. The molecule has 1 atom stereocenters. The molecule has 5 heteroatoms. The van der Waals surface area contributed by atoms with Crippen LogP contribution in [0.3, 0.4) is 0 Å². The summed E-state index contributed by atoms with van der Waals surface area (Å²) in [5.74, 6) is 0.0408. The highest BCUT2D eigenvalue weighted by atomic mass is 32.1. The predicted octanol–water partition coefficient (Wildman–Crippen LogP) is 2.69. The second kappa shape index (κ2) is 7.51. The maximum Gasteiger partial charge on any atom is 0.225 e. The van der Waals surface area contributed by atoms with Crippen molar-refractivity contribution in [2.45, 2.75) is 33.2 Å². The molecule has 0 fully saturated rings. The van der Waals surface area contributed by atoms with Gasteiger partial charge in [-0.05, 0) is 27.8 Å². The minimum atomic E-state index is 0.0408. The Morgan fingerprint density at radius 2 is 1.95 bits per heavy atom. The lowest BCUT2D eigenvalue weighted by atomic mass is 10.1. The normalized spacial score (nSPS) is 12.2. The molecule has 1 amide bonds. The fourth-order valence-electron chi connectivity index (χ4n) is 2.10. The van der Waals surface area contributed by atoms with Gasteiger partial charge < -0.3 is 10.6 Å². The van der Waals surface area contributed by atoms with Crippen molar-refractivity contribution < 1.29 is 4.79 Å². The van der Waals surface area contributed by atoms with Gasteiger partial charge in [0.1, 0.15) is 0 Å². The van der Waals surface area contributed by atoms with Crippen molar-refractivity contribution in [1.82, 2.24) is 15.6 Å². The highest BCUT2D eigenvalue weighted by Crippen LogP contribution is 2.28. The number of aryl methyl sites for hydroxylation is 2. The van der Waals surface area contributed by atoms with E-state index in [9.17, 15) is 4.79 Å². The number of amides is 1. The Hall–Kier alpha value is -1.72. The Bertz CT molecular complexity index is 634. The van der Waals surface area contributed by atoms with Crippen LogP contribution >= 0.6 is 11.3 Å². The Morgan fingerprint density at radius 3 is 2.59 bits per heavy atom. The molecule has 1 heterocycles. The molecule has 0 aliphatic heterocycles. The van der Waals surface area contributed by atoms with Crippen molar-refractivity contribution in [3.8, 4) is 11.3 Å². The van der Waals surface area contributed by atoms with E-state index < -0.39 is 0 Å². The van der Waals surface area contributed by atoms with E-state index in [0.29, 0.717) is 13.0 Å². The third kappa shape index (κ3) is 4.39. The molecule has 2 N–H and O–H groups in total. The van der Waals surface area contributed by atoms with Gasteiger partial charge >= 0.3 is 0 Å². The number of nitrogens with zero attached hydrogens (tertiary/aromatic N) is 1. The SMILES string of the molecule is CNC(C)CNC(=O)Cc1sc(C)nc1-c1ccc(C)cc1. The van der Waals surface area contributed by atoms with Crippen LogP contribution in [0.2, 0.25) is 0 Å². The second-order valence-corrected chi connectivity index (χ2v) is 6.83. The maximum absolute atomic E-state index is 12.1. The zero-order valence-electron chi connectivity index (χ0n) is 13.6. The fourth-order valence-corrected chi connectivity index (χ4v) is 3.06. The first kappa shape index (κ1) is 16.6. The Balaban J connectivity index is 2.11. The quantitative estimate of drug-likeness (QED) is 0.861. The first-order chi connectivity index (χ1) is 10.5. The number of rotatable bonds is 6. The maximum atomic E-state index is 12.1. The van der Waals surface area contributed by atoms with Gasteiger partial charge in [-0.15, -0.1) is 11.3 Å². The van der Waals surface area contributed by atoms with Crippen LogP contribution in [0.15, 0.2) is 24.3 Å². The summed E-state index contributed by atoms with van der Waals surface area (Å²) >= 11 is 1.59. The zero-order chi connectivity index (χ0) is 16.1. The fraction of sp³-hybridized carbons (Fsp3) is 0.412. The summed E-state index contributed by atoms with van der Waals surface area (Å²) in [5.41, 5.74) is 3.22. The standard InChI is InChI=1S/C17H23N3OS/c1-11-5-7-14(8-6-11)17-15(22-13(3)20-17)9-16(21)19-10-12(2)18-4/h5-8,12,18H,9-10H2,1-4H3,(H,19,21). The number of benzene rings is 1. The third-order valence-corrected chi connectivity index (χ3v) is 4.52. The number of aromatic nitrogens is 1. The second-order valence-electron chi connectivity index (χ2n) is 5.54. The topological polar surface area (TPSA) is 54.0 Å². The summed E-state index contributed by atoms with van der Waals surface area (Å²) in [4.78, 5) is 17.7. The van der Waals surface area contributed by atoms with Gasteiger partial charge in [-0.3, -0.25) is 4.79 Å². The van der Waals surface area contributed by atoms with Crippen LogP contribution in [0, 0.1) is 13.8 Å². The van der Waals surface area contributed by atoms with Crippen LogP contribution in [0.4, 0.5) is 0 Å². The van der Waals surface area contributed by atoms with Crippen LogP contribution in [0.1, 0.15) is 22.4 Å². The van der Waals surface area contributed by atoms with Gasteiger partial charge in [0.15, 0.2) is 0 Å². The van der Waals surface area contributed by atoms with E-state index in [0.717, 1.165) is 21.1 Å². The molecular weight excluding hydrogens is 294 g/mol. The Kier molecular flexibility index (Phi) is 5.69. The van der Waals surface area contributed by atoms with Gasteiger partial charge in [0.05, 0.1) is 17.1 Å². The van der Waals surface area contributed by atoms with Gasteiger partial charge in [0, 0.05) is 23.0 Å².